The van der Waals surface area contributed by atoms with Crippen LogP contribution in [-0.4, -0.2) is 30.3 Å². The molecule has 0 bridgehead atoms. The van der Waals surface area contributed by atoms with E-state index in [0.717, 1.165) is 0 Å². The number of carbonyl (C=O) groups is 3. The minimum absolute atomic E-state index is 0.224. The van der Waals surface area contributed by atoms with Crippen LogP contribution >= 0.6 is 0 Å². The van der Waals surface area contributed by atoms with Gasteiger partial charge in [0, 0.05) is 11.5 Å². The van der Waals surface area contributed by atoms with Crippen molar-refractivity contribution in [2.45, 2.75) is 33.2 Å². The number of Topliss-reactive ketones (excluding diaryl/α,β-unsaturated/α-hetero) is 1. The third-order valence-electron chi connectivity index (χ3n) is 2.85. The summed E-state index contributed by atoms with van der Waals surface area (Å²) < 4.78 is 4.99. The SMILES string of the molecule is CCCOC(=O)C(NC(=O)c1ccccc1)C(=O)C(C)C. The summed E-state index contributed by atoms with van der Waals surface area (Å²) in [6.45, 7) is 5.44. The van der Waals surface area contributed by atoms with Crippen molar-refractivity contribution in [1.29, 1.82) is 0 Å². The number of carbonyl (C=O) groups excluding carboxylic acids is 3. The number of benzene rings is 1. The van der Waals surface area contributed by atoms with Crippen LogP contribution in [0.5, 0.6) is 0 Å². The van der Waals surface area contributed by atoms with Crippen molar-refractivity contribution in [3.8, 4) is 0 Å². The van der Waals surface area contributed by atoms with Crippen LogP contribution in [0.2, 0.25) is 0 Å². The predicted octanol–water partition coefficient (Wildman–Crippen LogP) is 1.96. The van der Waals surface area contributed by atoms with Crippen LogP contribution in [0.3, 0.4) is 0 Å². The molecule has 0 spiro atoms. The van der Waals surface area contributed by atoms with Crippen molar-refractivity contribution >= 4 is 17.7 Å². The highest BCUT2D eigenvalue weighted by Crippen LogP contribution is 2.05. The molecule has 0 fully saturated rings. The number of amides is 1. The molecule has 1 rings (SSSR count). The summed E-state index contributed by atoms with van der Waals surface area (Å²) >= 11 is 0. The molecule has 5 heteroatoms. The zero-order chi connectivity index (χ0) is 15.8. The van der Waals surface area contributed by atoms with Gasteiger partial charge in [-0.3, -0.25) is 9.59 Å². The normalized spacial score (nSPS) is 11.8. The Morgan fingerprint density at radius 3 is 2.29 bits per heavy atom. The highest BCUT2D eigenvalue weighted by Gasteiger charge is 2.31. The van der Waals surface area contributed by atoms with Gasteiger partial charge in [-0.25, -0.2) is 4.79 Å². The van der Waals surface area contributed by atoms with E-state index in [0.29, 0.717) is 12.0 Å². The second-order valence-electron chi connectivity index (χ2n) is 5.00. The fraction of sp³-hybridized carbons (Fsp3) is 0.438. The lowest BCUT2D eigenvalue weighted by Crippen LogP contribution is -2.49. The number of rotatable bonds is 7. The van der Waals surface area contributed by atoms with E-state index in [1.807, 2.05) is 6.92 Å². The summed E-state index contributed by atoms with van der Waals surface area (Å²) in [6.07, 6.45) is 0.654. The predicted molar refractivity (Wildman–Crippen MR) is 78.8 cm³/mol. The summed E-state index contributed by atoms with van der Waals surface area (Å²) in [7, 11) is 0. The van der Waals surface area contributed by atoms with Crippen molar-refractivity contribution in [1.82, 2.24) is 5.32 Å². The Bertz CT molecular complexity index is 496. The van der Waals surface area contributed by atoms with Crippen molar-refractivity contribution in [3.05, 3.63) is 35.9 Å². The molecule has 1 atom stereocenters. The highest BCUT2D eigenvalue weighted by atomic mass is 16.5. The fourth-order valence-corrected chi connectivity index (χ4v) is 1.67. The molecule has 0 saturated heterocycles. The van der Waals surface area contributed by atoms with Gasteiger partial charge in [-0.1, -0.05) is 39.0 Å². The van der Waals surface area contributed by atoms with Crippen LogP contribution in [0, 0.1) is 5.92 Å². The van der Waals surface area contributed by atoms with Crippen LogP contribution in [0.1, 0.15) is 37.6 Å². The average molecular weight is 291 g/mol. The second-order valence-corrected chi connectivity index (χ2v) is 5.00. The Balaban J connectivity index is 2.84. The van der Waals surface area contributed by atoms with Crippen LogP contribution in [-0.2, 0) is 14.3 Å². The number of hydrogen-bond acceptors (Lipinski definition) is 4. The third-order valence-corrected chi connectivity index (χ3v) is 2.85. The van der Waals surface area contributed by atoms with Gasteiger partial charge in [0.1, 0.15) is 0 Å². The topological polar surface area (TPSA) is 72.5 Å². The zero-order valence-electron chi connectivity index (χ0n) is 12.6. The van der Waals surface area contributed by atoms with E-state index in [1.165, 1.54) is 0 Å². The van der Waals surface area contributed by atoms with Crippen molar-refractivity contribution in [2.75, 3.05) is 6.61 Å². The first kappa shape index (κ1) is 16.9. The van der Waals surface area contributed by atoms with Gasteiger partial charge in [-0.05, 0) is 18.6 Å². The van der Waals surface area contributed by atoms with Gasteiger partial charge < -0.3 is 10.1 Å². The highest BCUT2D eigenvalue weighted by molar-refractivity contribution is 6.08. The maximum absolute atomic E-state index is 12.1. The standard InChI is InChI=1S/C16H21NO4/c1-4-10-21-16(20)13(14(18)11(2)3)17-15(19)12-8-6-5-7-9-12/h5-9,11,13H,4,10H2,1-3H3,(H,17,19). The van der Waals surface area contributed by atoms with Gasteiger partial charge in [0.25, 0.3) is 5.91 Å². The second kappa shape index (κ2) is 8.19. The van der Waals surface area contributed by atoms with E-state index in [4.69, 9.17) is 4.74 Å². The Kier molecular flexibility index (Phi) is 6.59. The lowest BCUT2D eigenvalue weighted by atomic mass is 10.0. The molecule has 1 aromatic carbocycles. The number of hydrogen-bond donors (Lipinski definition) is 1. The van der Waals surface area contributed by atoms with Crippen molar-refractivity contribution < 1.29 is 19.1 Å². The summed E-state index contributed by atoms with van der Waals surface area (Å²) in [5.41, 5.74) is 0.391. The van der Waals surface area contributed by atoms with E-state index in [-0.39, 0.29) is 18.3 Å². The first-order valence-corrected chi connectivity index (χ1v) is 7.03. The van der Waals surface area contributed by atoms with Gasteiger partial charge in [-0.15, -0.1) is 0 Å². The Labute approximate surface area is 124 Å². The van der Waals surface area contributed by atoms with Gasteiger partial charge in [0.05, 0.1) is 6.61 Å². The maximum atomic E-state index is 12.1. The summed E-state index contributed by atoms with van der Waals surface area (Å²) in [4.78, 5) is 36.1. The molecule has 1 unspecified atom stereocenters. The molecule has 21 heavy (non-hydrogen) atoms. The Morgan fingerprint density at radius 2 is 1.76 bits per heavy atom. The molecule has 0 aliphatic carbocycles. The molecule has 0 aliphatic rings. The Hall–Kier alpha value is -2.17. The first-order chi connectivity index (χ1) is 9.97. The average Bonchev–Trinajstić information content (AvgIpc) is 2.50. The number of nitrogens with one attached hydrogen (secondary N) is 1. The minimum Gasteiger partial charge on any atom is -0.464 e. The molecular formula is C16H21NO4. The molecule has 1 amide bonds. The van der Waals surface area contributed by atoms with Crippen molar-refractivity contribution in [2.24, 2.45) is 5.92 Å². The van der Waals surface area contributed by atoms with E-state index in [9.17, 15) is 14.4 Å². The smallest absolute Gasteiger partial charge is 0.336 e. The molecule has 0 aliphatic heterocycles. The van der Waals surface area contributed by atoms with Gasteiger partial charge in [0.2, 0.25) is 0 Å². The third kappa shape index (κ3) is 5.02. The van der Waals surface area contributed by atoms with Gasteiger partial charge in [-0.2, -0.15) is 0 Å². The lowest BCUT2D eigenvalue weighted by Gasteiger charge is -2.18. The van der Waals surface area contributed by atoms with Crippen LogP contribution in [0.4, 0.5) is 0 Å². The van der Waals surface area contributed by atoms with E-state index < -0.39 is 17.9 Å². The molecule has 0 heterocycles. The summed E-state index contributed by atoms with van der Waals surface area (Å²) in [5.74, 6) is -1.91. The Morgan fingerprint density at radius 1 is 1.14 bits per heavy atom. The molecule has 0 radical (unpaired) electrons. The lowest BCUT2D eigenvalue weighted by molar-refractivity contribution is -0.149. The van der Waals surface area contributed by atoms with Gasteiger partial charge in [0.15, 0.2) is 11.8 Å². The number of ether oxygens (including phenoxy) is 1. The quantitative estimate of drug-likeness (QED) is 0.615. The number of esters is 1. The van der Waals surface area contributed by atoms with E-state index in [2.05, 4.69) is 5.32 Å². The minimum atomic E-state index is -1.26. The van der Waals surface area contributed by atoms with Gasteiger partial charge >= 0.3 is 5.97 Å². The molecule has 1 aromatic rings. The molecule has 1 N–H and O–H groups in total. The van der Waals surface area contributed by atoms with Crippen LogP contribution in [0.25, 0.3) is 0 Å². The largest absolute Gasteiger partial charge is 0.464 e. The molecule has 0 aromatic heterocycles. The molecule has 0 saturated carbocycles. The summed E-state index contributed by atoms with van der Waals surface area (Å²) in [6, 6.07) is 7.17. The van der Waals surface area contributed by atoms with E-state index >= 15 is 0 Å². The summed E-state index contributed by atoms with van der Waals surface area (Å²) in [5, 5.41) is 2.46. The van der Waals surface area contributed by atoms with Crippen LogP contribution in [0.15, 0.2) is 30.3 Å². The molecule has 5 nitrogen and oxygen atoms in total. The van der Waals surface area contributed by atoms with Crippen LogP contribution < -0.4 is 5.32 Å². The zero-order valence-corrected chi connectivity index (χ0v) is 12.6. The maximum Gasteiger partial charge on any atom is 0.336 e. The first-order valence-electron chi connectivity index (χ1n) is 7.03. The molecule has 114 valence electrons. The molecular weight excluding hydrogens is 270 g/mol. The van der Waals surface area contributed by atoms with E-state index in [1.54, 1.807) is 44.2 Å². The number of ketones is 1. The fourth-order valence-electron chi connectivity index (χ4n) is 1.67. The monoisotopic (exact) mass is 291 g/mol. The van der Waals surface area contributed by atoms with Crippen molar-refractivity contribution in [3.63, 3.8) is 0 Å².